The zero-order chi connectivity index (χ0) is 19.6. The van der Waals surface area contributed by atoms with Crippen LogP contribution >= 0.6 is 22.9 Å². The highest BCUT2D eigenvalue weighted by Gasteiger charge is 2.16. The quantitative estimate of drug-likeness (QED) is 0.495. The Balaban J connectivity index is 2.00. The lowest BCUT2D eigenvalue weighted by molar-refractivity contribution is -0.112. The fourth-order valence-electron chi connectivity index (χ4n) is 2.90. The summed E-state index contributed by atoms with van der Waals surface area (Å²) in [6, 6.07) is 9.68. The van der Waals surface area contributed by atoms with Gasteiger partial charge in [-0.15, -0.1) is 11.3 Å². The number of nitrogens with zero attached hydrogens (tertiary/aromatic N) is 3. The van der Waals surface area contributed by atoms with Crippen molar-refractivity contribution in [1.29, 1.82) is 5.26 Å². The van der Waals surface area contributed by atoms with E-state index >= 15 is 0 Å². The molecule has 0 bridgehead atoms. The molecule has 136 valence electrons. The van der Waals surface area contributed by atoms with Crippen molar-refractivity contribution >= 4 is 40.1 Å². The first-order valence-corrected chi connectivity index (χ1v) is 9.45. The van der Waals surface area contributed by atoms with Crippen LogP contribution in [0.2, 0.25) is 5.02 Å². The maximum absolute atomic E-state index is 12.4. The number of nitrogens with one attached hydrogen (secondary N) is 1. The van der Waals surface area contributed by atoms with Crippen LogP contribution in [0.15, 0.2) is 41.4 Å². The van der Waals surface area contributed by atoms with E-state index in [9.17, 15) is 10.1 Å². The van der Waals surface area contributed by atoms with Gasteiger partial charge in [0, 0.05) is 33.7 Å². The number of thiazole rings is 1. The molecule has 0 fully saturated rings. The molecule has 7 heteroatoms. The van der Waals surface area contributed by atoms with Crippen LogP contribution < -0.4 is 5.32 Å². The number of aromatic nitrogens is 2. The van der Waals surface area contributed by atoms with Crippen LogP contribution in [0.25, 0.3) is 11.8 Å². The van der Waals surface area contributed by atoms with Gasteiger partial charge in [0.2, 0.25) is 0 Å². The van der Waals surface area contributed by atoms with E-state index in [-0.39, 0.29) is 5.57 Å². The Kier molecular flexibility index (Phi) is 5.45. The molecule has 1 N–H and O–H groups in total. The van der Waals surface area contributed by atoms with E-state index in [0.717, 1.165) is 28.2 Å². The smallest absolute Gasteiger partial charge is 0.268 e. The van der Waals surface area contributed by atoms with E-state index in [4.69, 9.17) is 11.6 Å². The van der Waals surface area contributed by atoms with Crippen LogP contribution in [-0.4, -0.2) is 15.5 Å². The monoisotopic (exact) mass is 396 g/mol. The lowest BCUT2D eigenvalue weighted by Crippen LogP contribution is -2.13. The van der Waals surface area contributed by atoms with Gasteiger partial charge in [-0.2, -0.15) is 5.26 Å². The van der Waals surface area contributed by atoms with Crippen LogP contribution in [0, 0.1) is 32.1 Å². The van der Waals surface area contributed by atoms with Gasteiger partial charge in [0.25, 0.3) is 5.91 Å². The van der Waals surface area contributed by atoms with E-state index in [0.29, 0.717) is 10.2 Å². The molecule has 0 saturated heterocycles. The number of hydrogen-bond acceptors (Lipinski definition) is 4. The molecule has 0 aliphatic rings. The average Bonchev–Trinajstić information content (AvgIpc) is 3.23. The van der Waals surface area contributed by atoms with Gasteiger partial charge in [-0.1, -0.05) is 17.7 Å². The number of nitriles is 1. The summed E-state index contributed by atoms with van der Waals surface area (Å²) in [6.07, 6.45) is 3.19. The van der Waals surface area contributed by atoms with Crippen LogP contribution in [-0.2, 0) is 4.79 Å². The van der Waals surface area contributed by atoms with Gasteiger partial charge in [-0.05, 0) is 56.2 Å². The molecule has 3 rings (SSSR count). The number of aryl methyl sites for hydroxylation is 1. The molecular weight excluding hydrogens is 380 g/mol. The van der Waals surface area contributed by atoms with Crippen LogP contribution in [0.4, 0.5) is 5.13 Å². The fraction of sp³-hybridized carbons (Fsp3) is 0.150. The summed E-state index contributed by atoms with van der Waals surface area (Å²) >= 11 is 7.56. The van der Waals surface area contributed by atoms with Gasteiger partial charge in [0.1, 0.15) is 11.6 Å². The Bertz CT molecular complexity index is 1070. The molecule has 27 heavy (non-hydrogen) atoms. The van der Waals surface area contributed by atoms with Gasteiger partial charge < -0.3 is 4.57 Å². The second-order valence-electron chi connectivity index (χ2n) is 6.01. The molecular formula is C20H17ClN4OS. The number of carbonyl (C=O) groups excluding carboxylic acids is 1. The van der Waals surface area contributed by atoms with Crippen molar-refractivity contribution in [2.24, 2.45) is 0 Å². The second-order valence-corrected chi connectivity index (χ2v) is 7.31. The SMILES string of the molecule is Cc1c(Cl)cccc1-n1c(C)cc(/C=C(/C#N)C(=O)Nc2nccs2)c1C. The van der Waals surface area contributed by atoms with Crippen LogP contribution in [0.1, 0.15) is 22.5 Å². The van der Waals surface area contributed by atoms with Crippen molar-refractivity contribution in [1.82, 2.24) is 9.55 Å². The first-order valence-electron chi connectivity index (χ1n) is 8.19. The summed E-state index contributed by atoms with van der Waals surface area (Å²) < 4.78 is 2.07. The minimum atomic E-state index is -0.476. The molecule has 1 amide bonds. The summed E-state index contributed by atoms with van der Waals surface area (Å²) in [7, 11) is 0. The molecule has 2 aromatic heterocycles. The molecule has 0 aliphatic heterocycles. The third-order valence-corrected chi connectivity index (χ3v) is 5.37. The van der Waals surface area contributed by atoms with E-state index in [1.54, 1.807) is 17.7 Å². The Hall–Kier alpha value is -2.88. The molecule has 0 atom stereocenters. The third kappa shape index (κ3) is 3.80. The Labute approximate surface area is 166 Å². The molecule has 0 radical (unpaired) electrons. The van der Waals surface area contributed by atoms with E-state index in [2.05, 4.69) is 14.9 Å². The van der Waals surface area contributed by atoms with Crippen LogP contribution in [0.3, 0.4) is 0 Å². The van der Waals surface area contributed by atoms with E-state index < -0.39 is 5.91 Å². The topological polar surface area (TPSA) is 70.7 Å². The van der Waals surface area contributed by atoms with Crippen molar-refractivity contribution in [3.05, 3.63) is 69.0 Å². The van der Waals surface area contributed by atoms with Crippen molar-refractivity contribution in [3.8, 4) is 11.8 Å². The van der Waals surface area contributed by atoms with Crippen molar-refractivity contribution in [2.75, 3.05) is 5.32 Å². The first kappa shape index (κ1) is 18.9. The lowest BCUT2D eigenvalue weighted by atomic mass is 10.1. The normalized spacial score (nSPS) is 11.3. The maximum atomic E-state index is 12.4. The molecule has 0 spiro atoms. The first-order chi connectivity index (χ1) is 12.9. The zero-order valence-corrected chi connectivity index (χ0v) is 16.6. The molecule has 0 unspecified atom stereocenters. The zero-order valence-electron chi connectivity index (χ0n) is 15.1. The fourth-order valence-corrected chi connectivity index (χ4v) is 3.59. The summed E-state index contributed by atoms with van der Waals surface area (Å²) in [5, 5.41) is 15.0. The summed E-state index contributed by atoms with van der Waals surface area (Å²) in [6.45, 7) is 5.90. The van der Waals surface area contributed by atoms with Gasteiger partial charge in [-0.25, -0.2) is 4.98 Å². The average molecular weight is 397 g/mol. The molecule has 0 aliphatic carbocycles. The maximum Gasteiger partial charge on any atom is 0.268 e. The number of anilines is 1. The summed E-state index contributed by atoms with van der Waals surface area (Å²) in [5.74, 6) is -0.476. The van der Waals surface area contributed by atoms with Crippen molar-refractivity contribution in [3.63, 3.8) is 0 Å². The molecule has 2 heterocycles. The minimum Gasteiger partial charge on any atom is -0.318 e. The Morgan fingerprint density at radius 1 is 1.37 bits per heavy atom. The lowest BCUT2D eigenvalue weighted by Gasteiger charge is -2.13. The minimum absolute atomic E-state index is 0.0215. The number of carbonyl (C=O) groups is 1. The number of benzene rings is 1. The second kappa shape index (κ2) is 7.78. The largest absolute Gasteiger partial charge is 0.318 e. The Morgan fingerprint density at radius 3 is 2.81 bits per heavy atom. The molecule has 0 saturated carbocycles. The van der Waals surface area contributed by atoms with Gasteiger partial charge in [-0.3, -0.25) is 10.1 Å². The third-order valence-electron chi connectivity index (χ3n) is 4.27. The van der Waals surface area contributed by atoms with E-state index in [1.807, 2.05) is 51.1 Å². The van der Waals surface area contributed by atoms with Gasteiger partial charge >= 0.3 is 0 Å². The predicted molar refractivity (Wildman–Crippen MR) is 109 cm³/mol. The van der Waals surface area contributed by atoms with E-state index in [1.165, 1.54) is 11.3 Å². The molecule has 1 aromatic carbocycles. The predicted octanol–water partition coefficient (Wildman–Crippen LogP) is 5.06. The highest BCUT2D eigenvalue weighted by molar-refractivity contribution is 7.13. The number of rotatable bonds is 4. The standard InChI is InChI=1S/C20H17ClN4OS/c1-12-9-15(10-16(11-22)19(26)24-20-23-7-8-27-20)14(3)25(12)18-6-4-5-17(21)13(18)2/h4-10H,1-3H3,(H,23,24,26)/b16-10-. The van der Waals surface area contributed by atoms with Crippen molar-refractivity contribution < 1.29 is 4.79 Å². The van der Waals surface area contributed by atoms with Gasteiger partial charge in [0.05, 0.1) is 0 Å². The molecule has 3 aromatic rings. The number of amides is 1. The number of hydrogen-bond donors (Lipinski definition) is 1. The highest BCUT2D eigenvalue weighted by Crippen LogP contribution is 2.28. The van der Waals surface area contributed by atoms with Gasteiger partial charge in [0.15, 0.2) is 5.13 Å². The number of halogens is 1. The summed E-state index contributed by atoms with van der Waals surface area (Å²) in [5.41, 5.74) is 4.68. The van der Waals surface area contributed by atoms with Crippen LogP contribution in [0.5, 0.6) is 0 Å². The summed E-state index contributed by atoms with van der Waals surface area (Å²) in [4.78, 5) is 16.4. The molecule has 5 nitrogen and oxygen atoms in total. The highest BCUT2D eigenvalue weighted by atomic mass is 35.5. The Morgan fingerprint density at radius 2 is 2.15 bits per heavy atom. The van der Waals surface area contributed by atoms with Crippen molar-refractivity contribution in [2.45, 2.75) is 20.8 Å².